The van der Waals surface area contributed by atoms with Crippen LogP contribution in [0.4, 0.5) is 0 Å². The van der Waals surface area contributed by atoms with Crippen LogP contribution in [0.3, 0.4) is 0 Å². The normalized spacial score (nSPS) is 15.5. The Morgan fingerprint density at radius 1 is 1.46 bits per heavy atom. The second-order valence-corrected chi connectivity index (χ2v) is 3.60. The van der Waals surface area contributed by atoms with Gasteiger partial charge in [0.2, 0.25) is 0 Å². The predicted molar refractivity (Wildman–Crippen MR) is 53.5 cm³/mol. The van der Waals surface area contributed by atoms with E-state index in [0.717, 1.165) is 6.42 Å². The van der Waals surface area contributed by atoms with E-state index < -0.39 is 0 Å². The molecule has 0 aromatic heterocycles. The van der Waals surface area contributed by atoms with Crippen LogP contribution in [0.1, 0.15) is 27.2 Å². The van der Waals surface area contributed by atoms with Gasteiger partial charge < -0.3 is 10.1 Å². The van der Waals surface area contributed by atoms with Crippen molar-refractivity contribution in [3.8, 4) is 0 Å². The van der Waals surface area contributed by atoms with Gasteiger partial charge in [0, 0.05) is 6.04 Å². The van der Waals surface area contributed by atoms with Gasteiger partial charge in [-0.3, -0.25) is 4.79 Å². The fraction of sp³-hybridized carbons (Fsp3) is 0.900. The Kier molecular flexibility index (Phi) is 5.71. The average Bonchev–Trinajstić information content (AvgIpc) is 2.12. The summed E-state index contributed by atoms with van der Waals surface area (Å²) in [6.07, 6.45) is 0.816. The summed E-state index contributed by atoms with van der Waals surface area (Å²) in [5.41, 5.74) is 0. The van der Waals surface area contributed by atoms with Crippen LogP contribution in [0.5, 0.6) is 0 Å². The maximum atomic E-state index is 11.4. The van der Waals surface area contributed by atoms with Gasteiger partial charge in [-0.05, 0) is 19.4 Å². The Balaban J connectivity index is 4.42. The summed E-state index contributed by atoms with van der Waals surface area (Å²) >= 11 is 0. The van der Waals surface area contributed by atoms with Crippen molar-refractivity contribution in [3.63, 3.8) is 0 Å². The van der Waals surface area contributed by atoms with E-state index in [0.29, 0.717) is 5.92 Å². The van der Waals surface area contributed by atoms with E-state index in [1.165, 1.54) is 7.11 Å². The van der Waals surface area contributed by atoms with Gasteiger partial charge in [-0.2, -0.15) is 0 Å². The SMILES string of the molecule is CCC(C(=O)OC)C(NC)C(C)C. The van der Waals surface area contributed by atoms with Crippen LogP contribution in [0.15, 0.2) is 0 Å². The predicted octanol–water partition coefficient (Wildman–Crippen LogP) is 1.43. The zero-order valence-electron chi connectivity index (χ0n) is 9.26. The number of carbonyl (C=O) groups excluding carboxylic acids is 1. The first kappa shape index (κ1) is 12.4. The molecule has 0 amide bonds. The first-order valence-corrected chi connectivity index (χ1v) is 4.83. The van der Waals surface area contributed by atoms with Gasteiger partial charge >= 0.3 is 5.97 Å². The molecule has 0 radical (unpaired) electrons. The Morgan fingerprint density at radius 2 is 2.00 bits per heavy atom. The van der Waals surface area contributed by atoms with Crippen molar-refractivity contribution >= 4 is 5.97 Å². The number of hydrogen-bond acceptors (Lipinski definition) is 3. The third-order valence-corrected chi connectivity index (χ3v) is 2.43. The summed E-state index contributed by atoms with van der Waals surface area (Å²) in [6, 6.07) is 0.206. The lowest BCUT2D eigenvalue weighted by molar-refractivity contribution is -0.147. The fourth-order valence-corrected chi connectivity index (χ4v) is 1.72. The Labute approximate surface area is 80.8 Å². The number of rotatable bonds is 5. The largest absolute Gasteiger partial charge is 0.469 e. The molecule has 0 aliphatic heterocycles. The van der Waals surface area contributed by atoms with E-state index in [1.807, 2.05) is 14.0 Å². The second-order valence-electron chi connectivity index (χ2n) is 3.60. The van der Waals surface area contributed by atoms with Crippen molar-refractivity contribution in [2.75, 3.05) is 14.2 Å². The van der Waals surface area contributed by atoms with Crippen molar-refractivity contribution in [1.29, 1.82) is 0 Å². The summed E-state index contributed by atoms with van der Waals surface area (Å²) in [5.74, 6) is 0.291. The molecular formula is C10H21NO2. The lowest BCUT2D eigenvalue weighted by atomic mass is 9.88. The lowest BCUT2D eigenvalue weighted by Crippen LogP contribution is -2.42. The van der Waals surface area contributed by atoms with Gasteiger partial charge in [-0.25, -0.2) is 0 Å². The summed E-state index contributed by atoms with van der Waals surface area (Å²) in [6.45, 7) is 6.22. The van der Waals surface area contributed by atoms with E-state index in [4.69, 9.17) is 4.74 Å². The molecule has 0 heterocycles. The fourth-order valence-electron chi connectivity index (χ4n) is 1.72. The topological polar surface area (TPSA) is 38.3 Å². The van der Waals surface area contributed by atoms with Gasteiger partial charge in [0.15, 0.2) is 0 Å². The minimum atomic E-state index is -0.115. The van der Waals surface area contributed by atoms with Gasteiger partial charge in [-0.1, -0.05) is 20.8 Å². The van der Waals surface area contributed by atoms with Crippen molar-refractivity contribution in [1.82, 2.24) is 5.32 Å². The maximum Gasteiger partial charge on any atom is 0.310 e. The number of esters is 1. The van der Waals surface area contributed by atoms with Crippen LogP contribution >= 0.6 is 0 Å². The summed E-state index contributed by atoms with van der Waals surface area (Å²) in [7, 11) is 3.33. The minimum Gasteiger partial charge on any atom is -0.469 e. The first-order chi connectivity index (χ1) is 6.08. The third-order valence-electron chi connectivity index (χ3n) is 2.43. The molecule has 0 aromatic carbocycles. The van der Waals surface area contributed by atoms with Crippen LogP contribution < -0.4 is 5.32 Å². The Bertz CT molecular complexity index is 157. The highest BCUT2D eigenvalue weighted by Crippen LogP contribution is 2.17. The quantitative estimate of drug-likeness (QED) is 0.662. The van der Waals surface area contributed by atoms with Crippen LogP contribution in [-0.4, -0.2) is 26.2 Å². The van der Waals surface area contributed by atoms with Crippen molar-refractivity contribution in [2.45, 2.75) is 33.2 Å². The first-order valence-electron chi connectivity index (χ1n) is 4.83. The molecule has 3 nitrogen and oxygen atoms in total. The molecule has 0 saturated heterocycles. The molecule has 2 atom stereocenters. The Morgan fingerprint density at radius 3 is 2.23 bits per heavy atom. The molecule has 0 saturated carbocycles. The molecular weight excluding hydrogens is 166 g/mol. The van der Waals surface area contributed by atoms with Crippen molar-refractivity contribution < 1.29 is 9.53 Å². The van der Waals surface area contributed by atoms with Crippen LogP contribution in [0.2, 0.25) is 0 Å². The van der Waals surface area contributed by atoms with Crippen molar-refractivity contribution in [2.24, 2.45) is 11.8 Å². The smallest absolute Gasteiger partial charge is 0.310 e. The highest BCUT2D eigenvalue weighted by atomic mass is 16.5. The molecule has 1 N–H and O–H groups in total. The number of carbonyl (C=O) groups is 1. The molecule has 0 spiro atoms. The summed E-state index contributed by atoms with van der Waals surface area (Å²) in [4.78, 5) is 11.4. The molecule has 3 heteroatoms. The molecule has 0 bridgehead atoms. The van der Waals surface area contributed by atoms with Crippen molar-refractivity contribution in [3.05, 3.63) is 0 Å². The standard InChI is InChI=1S/C10H21NO2/c1-6-8(10(12)13-5)9(11-4)7(2)3/h7-9,11H,6H2,1-5H3. The van der Waals surface area contributed by atoms with E-state index in [9.17, 15) is 4.79 Å². The summed E-state index contributed by atoms with van der Waals surface area (Å²) < 4.78 is 4.76. The van der Waals surface area contributed by atoms with Crippen LogP contribution in [0.25, 0.3) is 0 Å². The maximum absolute atomic E-state index is 11.4. The van der Waals surface area contributed by atoms with Gasteiger partial charge in [-0.15, -0.1) is 0 Å². The number of methoxy groups -OCH3 is 1. The molecule has 78 valence electrons. The molecule has 0 aliphatic carbocycles. The van der Waals surface area contributed by atoms with E-state index in [2.05, 4.69) is 19.2 Å². The van der Waals surface area contributed by atoms with E-state index in [1.54, 1.807) is 0 Å². The zero-order chi connectivity index (χ0) is 10.4. The molecule has 0 aromatic rings. The number of hydrogen-bond donors (Lipinski definition) is 1. The van der Waals surface area contributed by atoms with Gasteiger partial charge in [0.05, 0.1) is 13.0 Å². The van der Waals surface area contributed by atoms with Crippen LogP contribution in [0, 0.1) is 11.8 Å². The molecule has 0 fully saturated rings. The highest BCUT2D eigenvalue weighted by Gasteiger charge is 2.28. The number of ether oxygens (including phenoxy) is 1. The number of nitrogens with one attached hydrogen (secondary N) is 1. The van der Waals surface area contributed by atoms with E-state index in [-0.39, 0.29) is 17.9 Å². The van der Waals surface area contributed by atoms with Crippen LogP contribution in [-0.2, 0) is 9.53 Å². The molecule has 0 rings (SSSR count). The molecule has 2 unspecified atom stereocenters. The zero-order valence-corrected chi connectivity index (χ0v) is 9.26. The minimum absolute atomic E-state index is 0.0324. The lowest BCUT2D eigenvalue weighted by Gasteiger charge is -2.26. The Hall–Kier alpha value is -0.570. The monoisotopic (exact) mass is 187 g/mol. The third kappa shape index (κ3) is 3.35. The van der Waals surface area contributed by atoms with Gasteiger partial charge in [0.25, 0.3) is 0 Å². The van der Waals surface area contributed by atoms with Gasteiger partial charge in [0.1, 0.15) is 0 Å². The van der Waals surface area contributed by atoms with E-state index >= 15 is 0 Å². The highest BCUT2D eigenvalue weighted by molar-refractivity contribution is 5.73. The molecule has 13 heavy (non-hydrogen) atoms. The summed E-state index contributed by atoms with van der Waals surface area (Å²) in [5, 5.41) is 3.17. The molecule has 0 aliphatic rings. The second kappa shape index (κ2) is 5.97. The average molecular weight is 187 g/mol.